The second-order valence-electron chi connectivity index (χ2n) is 3.42. The first-order chi connectivity index (χ1) is 8.16. The molecule has 0 unspecified atom stereocenters. The van der Waals surface area contributed by atoms with Crippen molar-refractivity contribution in [1.82, 2.24) is 4.98 Å². The number of hydrogen-bond acceptors (Lipinski definition) is 4. The van der Waals surface area contributed by atoms with Gasteiger partial charge in [-0.05, 0) is 13.0 Å². The standard InChI is InChI=1S/C12H10FNO2S/c1-8-14-11(7-17-8)12(15)16-6-9-4-2-3-5-10(9)13/h2-5,7H,6H2,1H3. The van der Waals surface area contributed by atoms with Crippen molar-refractivity contribution < 1.29 is 13.9 Å². The largest absolute Gasteiger partial charge is 0.456 e. The highest BCUT2D eigenvalue weighted by atomic mass is 32.1. The maximum absolute atomic E-state index is 13.2. The Balaban J connectivity index is 1.99. The number of carbonyl (C=O) groups is 1. The summed E-state index contributed by atoms with van der Waals surface area (Å²) in [5, 5.41) is 2.42. The molecule has 5 heteroatoms. The van der Waals surface area contributed by atoms with E-state index >= 15 is 0 Å². The zero-order valence-electron chi connectivity index (χ0n) is 9.14. The number of esters is 1. The van der Waals surface area contributed by atoms with E-state index in [1.807, 2.05) is 0 Å². The first kappa shape index (κ1) is 11.7. The van der Waals surface area contributed by atoms with E-state index in [1.54, 1.807) is 30.5 Å². The van der Waals surface area contributed by atoms with Crippen molar-refractivity contribution in [3.05, 3.63) is 51.7 Å². The highest BCUT2D eigenvalue weighted by Crippen LogP contribution is 2.12. The first-order valence-electron chi connectivity index (χ1n) is 4.99. The fraction of sp³-hybridized carbons (Fsp3) is 0.167. The topological polar surface area (TPSA) is 39.2 Å². The number of halogens is 1. The summed E-state index contributed by atoms with van der Waals surface area (Å²) in [7, 11) is 0. The minimum Gasteiger partial charge on any atom is -0.456 e. The SMILES string of the molecule is Cc1nc(C(=O)OCc2ccccc2F)cs1. The molecular formula is C12H10FNO2S. The fourth-order valence-electron chi connectivity index (χ4n) is 1.29. The van der Waals surface area contributed by atoms with Gasteiger partial charge in [0.05, 0.1) is 5.01 Å². The van der Waals surface area contributed by atoms with E-state index in [9.17, 15) is 9.18 Å². The highest BCUT2D eigenvalue weighted by Gasteiger charge is 2.11. The van der Waals surface area contributed by atoms with Gasteiger partial charge in [0, 0.05) is 10.9 Å². The summed E-state index contributed by atoms with van der Waals surface area (Å²) in [6.45, 7) is 1.72. The molecule has 0 spiro atoms. The van der Waals surface area contributed by atoms with E-state index in [0.717, 1.165) is 5.01 Å². The smallest absolute Gasteiger partial charge is 0.358 e. The van der Waals surface area contributed by atoms with Gasteiger partial charge in [-0.1, -0.05) is 18.2 Å². The number of ether oxygens (including phenoxy) is 1. The zero-order chi connectivity index (χ0) is 12.3. The number of carbonyl (C=O) groups excluding carboxylic acids is 1. The fourth-order valence-corrected chi connectivity index (χ4v) is 1.87. The van der Waals surface area contributed by atoms with Gasteiger partial charge in [-0.15, -0.1) is 11.3 Å². The third kappa shape index (κ3) is 2.88. The van der Waals surface area contributed by atoms with Gasteiger partial charge in [0.15, 0.2) is 5.69 Å². The van der Waals surface area contributed by atoms with Gasteiger partial charge < -0.3 is 4.74 Å². The van der Waals surface area contributed by atoms with Crippen LogP contribution in [0.1, 0.15) is 21.1 Å². The predicted molar refractivity (Wildman–Crippen MR) is 62.4 cm³/mol. The third-order valence-corrected chi connectivity index (χ3v) is 2.92. The number of aromatic nitrogens is 1. The molecule has 2 rings (SSSR count). The van der Waals surface area contributed by atoms with Crippen LogP contribution in [0.2, 0.25) is 0 Å². The summed E-state index contributed by atoms with van der Waals surface area (Å²) >= 11 is 1.37. The molecule has 0 aliphatic carbocycles. The predicted octanol–water partition coefficient (Wildman–Crippen LogP) is 2.95. The van der Waals surface area contributed by atoms with Crippen LogP contribution >= 0.6 is 11.3 Å². The number of hydrogen-bond donors (Lipinski definition) is 0. The van der Waals surface area contributed by atoms with Crippen molar-refractivity contribution in [3.8, 4) is 0 Å². The molecule has 0 aliphatic rings. The van der Waals surface area contributed by atoms with Crippen LogP contribution in [0.3, 0.4) is 0 Å². The molecule has 1 aromatic heterocycles. The van der Waals surface area contributed by atoms with E-state index in [4.69, 9.17) is 4.74 Å². The molecule has 3 nitrogen and oxygen atoms in total. The van der Waals surface area contributed by atoms with Gasteiger partial charge in [0.1, 0.15) is 12.4 Å². The summed E-state index contributed by atoms with van der Waals surface area (Å²) in [6, 6.07) is 6.19. The Morgan fingerprint density at radius 2 is 2.24 bits per heavy atom. The maximum atomic E-state index is 13.2. The third-order valence-electron chi connectivity index (χ3n) is 2.14. The van der Waals surface area contributed by atoms with Crippen LogP contribution in [-0.2, 0) is 11.3 Å². The molecule has 0 bridgehead atoms. The molecule has 0 fully saturated rings. The highest BCUT2D eigenvalue weighted by molar-refractivity contribution is 7.09. The van der Waals surface area contributed by atoms with Gasteiger partial charge in [-0.2, -0.15) is 0 Å². The minimum absolute atomic E-state index is 0.0813. The van der Waals surface area contributed by atoms with Crippen LogP contribution in [-0.4, -0.2) is 11.0 Å². The second-order valence-corrected chi connectivity index (χ2v) is 4.48. The summed E-state index contributed by atoms with van der Waals surface area (Å²) < 4.78 is 18.2. The van der Waals surface area contributed by atoms with Crippen LogP contribution < -0.4 is 0 Å². The van der Waals surface area contributed by atoms with E-state index in [-0.39, 0.29) is 18.1 Å². The molecule has 1 heterocycles. The van der Waals surface area contributed by atoms with E-state index in [2.05, 4.69) is 4.98 Å². The van der Waals surface area contributed by atoms with Crippen LogP contribution in [0.5, 0.6) is 0 Å². The molecule has 1 aromatic carbocycles. The maximum Gasteiger partial charge on any atom is 0.358 e. The number of benzene rings is 1. The van der Waals surface area contributed by atoms with Crippen LogP contribution in [0.15, 0.2) is 29.6 Å². The number of thiazole rings is 1. The van der Waals surface area contributed by atoms with E-state index < -0.39 is 5.97 Å². The Morgan fingerprint density at radius 3 is 2.88 bits per heavy atom. The average molecular weight is 251 g/mol. The van der Waals surface area contributed by atoms with Crippen LogP contribution in [0.4, 0.5) is 4.39 Å². The zero-order valence-corrected chi connectivity index (χ0v) is 9.96. The summed E-state index contributed by atoms with van der Waals surface area (Å²) in [6.07, 6.45) is 0. The van der Waals surface area contributed by atoms with Gasteiger partial charge in [0.25, 0.3) is 0 Å². The van der Waals surface area contributed by atoms with Gasteiger partial charge in [-0.25, -0.2) is 14.2 Å². The monoisotopic (exact) mass is 251 g/mol. The lowest BCUT2D eigenvalue weighted by molar-refractivity contribution is 0.0463. The normalized spacial score (nSPS) is 10.2. The Bertz CT molecular complexity index is 539. The van der Waals surface area contributed by atoms with E-state index in [1.165, 1.54) is 17.4 Å². The molecule has 0 amide bonds. The molecule has 2 aromatic rings. The lowest BCUT2D eigenvalue weighted by Crippen LogP contribution is -2.06. The molecular weight excluding hydrogens is 241 g/mol. The quantitative estimate of drug-likeness (QED) is 0.787. The van der Waals surface area contributed by atoms with Crippen molar-refractivity contribution in [1.29, 1.82) is 0 Å². The number of aryl methyl sites for hydroxylation is 1. The first-order valence-corrected chi connectivity index (χ1v) is 5.87. The Hall–Kier alpha value is -1.75. The molecule has 0 atom stereocenters. The molecule has 0 saturated carbocycles. The van der Waals surface area contributed by atoms with Gasteiger partial charge in [0.2, 0.25) is 0 Å². The molecule has 0 aliphatic heterocycles. The van der Waals surface area contributed by atoms with Crippen LogP contribution in [0.25, 0.3) is 0 Å². The lowest BCUT2D eigenvalue weighted by atomic mass is 10.2. The molecule has 0 radical (unpaired) electrons. The van der Waals surface area contributed by atoms with Gasteiger partial charge in [-0.3, -0.25) is 0 Å². The number of rotatable bonds is 3. The van der Waals surface area contributed by atoms with E-state index in [0.29, 0.717) is 5.56 Å². The summed E-state index contributed by atoms with van der Waals surface area (Å²) in [5.41, 5.74) is 0.622. The Morgan fingerprint density at radius 1 is 1.47 bits per heavy atom. The van der Waals surface area contributed by atoms with Gasteiger partial charge >= 0.3 is 5.97 Å². The van der Waals surface area contributed by atoms with Crippen LogP contribution in [0, 0.1) is 12.7 Å². The molecule has 0 N–H and O–H groups in total. The Kier molecular flexibility index (Phi) is 3.49. The van der Waals surface area contributed by atoms with Crippen molar-refractivity contribution in [2.45, 2.75) is 13.5 Å². The van der Waals surface area contributed by atoms with Crippen molar-refractivity contribution >= 4 is 17.3 Å². The molecule has 88 valence electrons. The summed E-state index contributed by atoms with van der Waals surface area (Å²) in [4.78, 5) is 15.5. The average Bonchev–Trinajstić information content (AvgIpc) is 2.74. The Labute approximate surface area is 102 Å². The van der Waals surface area contributed by atoms with Crippen molar-refractivity contribution in [2.24, 2.45) is 0 Å². The molecule has 17 heavy (non-hydrogen) atoms. The number of nitrogens with zero attached hydrogens (tertiary/aromatic N) is 1. The second kappa shape index (κ2) is 5.05. The lowest BCUT2D eigenvalue weighted by Gasteiger charge is -2.03. The summed E-state index contributed by atoms with van der Waals surface area (Å²) in [5.74, 6) is -0.910. The van der Waals surface area contributed by atoms with Crippen molar-refractivity contribution in [3.63, 3.8) is 0 Å². The van der Waals surface area contributed by atoms with Crippen molar-refractivity contribution in [2.75, 3.05) is 0 Å². The molecule has 0 saturated heterocycles. The minimum atomic E-state index is -0.530.